The highest BCUT2D eigenvalue weighted by molar-refractivity contribution is 8.19. The topological polar surface area (TPSA) is 63.7 Å². The second-order valence-corrected chi connectivity index (χ2v) is 10.0. The lowest BCUT2D eigenvalue weighted by molar-refractivity contribution is -0.161. The van der Waals surface area contributed by atoms with Gasteiger partial charge in [-0.3, -0.25) is 14.4 Å². The van der Waals surface area contributed by atoms with Crippen LogP contribution < -0.4 is 4.90 Å². The number of carbonyl (C=O) groups is 3. The molecule has 0 unspecified atom stereocenters. The van der Waals surface area contributed by atoms with Crippen LogP contribution in [0, 0.1) is 11.8 Å². The van der Waals surface area contributed by atoms with Crippen LogP contribution in [0.15, 0.2) is 73.3 Å². The first-order valence-electron chi connectivity index (χ1n) is 9.22. The molecule has 0 aromatic heterocycles. The van der Waals surface area contributed by atoms with Crippen molar-refractivity contribution in [1.82, 2.24) is 0 Å². The molecule has 5 rings (SSSR count). The van der Waals surface area contributed by atoms with E-state index in [1.807, 2.05) is 36.4 Å². The molecule has 2 bridgehead atoms. The van der Waals surface area contributed by atoms with Crippen LogP contribution in [0.4, 0.5) is 5.69 Å². The number of imide groups is 1. The Hall–Kier alpha value is -2.51. The molecule has 0 spiro atoms. The number of anilines is 1. The van der Waals surface area contributed by atoms with E-state index in [9.17, 15) is 14.4 Å². The van der Waals surface area contributed by atoms with E-state index < -0.39 is 26.8 Å². The van der Waals surface area contributed by atoms with E-state index in [4.69, 9.17) is 4.74 Å². The fourth-order valence-electron chi connectivity index (χ4n) is 4.44. The summed E-state index contributed by atoms with van der Waals surface area (Å²) >= 11 is 2.65. The summed E-state index contributed by atoms with van der Waals surface area (Å²) in [4.78, 5) is 41.5. The molecule has 5 nitrogen and oxygen atoms in total. The van der Waals surface area contributed by atoms with Crippen molar-refractivity contribution in [3.63, 3.8) is 0 Å². The molecule has 0 aliphatic carbocycles. The van der Waals surface area contributed by atoms with Gasteiger partial charge in [-0.05, 0) is 17.7 Å². The number of fused-ring (bicyclic) bond motifs is 5. The van der Waals surface area contributed by atoms with Crippen molar-refractivity contribution >= 4 is 47.0 Å². The minimum absolute atomic E-state index is 0.319. The molecule has 2 amide bonds. The lowest BCUT2D eigenvalue weighted by Gasteiger charge is -2.32. The summed E-state index contributed by atoms with van der Waals surface area (Å²) in [6, 6.07) is 18.0. The Morgan fingerprint density at radius 1 is 1.00 bits per heavy atom. The Kier molecular flexibility index (Phi) is 4.15. The van der Waals surface area contributed by atoms with Crippen molar-refractivity contribution < 1.29 is 19.1 Å². The molecule has 2 aromatic carbocycles. The van der Waals surface area contributed by atoms with Gasteiger partial charge in [0.1, 0.15) is 5.92 Å². The molecular formula is C22H17NO4S2. The molecule has 3 aliphatic rings. The molecule has 29 heavy (non-hydrogen) atoms. The fraction of sp³-hybridized carbons (Fsp3) is 0.227. The standard InChI is InChI=1S/C22H17NO4S2/c1-2-13-28-22-17-16(18(24)23(19(17)25)15-11-7-4-8-12-15)21(29-22,20(26)27-22)14-9-5-3-6-10-14/h2-12,16-17H,1,13H2/t16-,17+,21-,22+/m1/s1. The number of carbonyl (C=O) groups excluding carboxylic acids is 3. The average molecular weight is 424 g/mol. The third-order valence-corrected chi connectivity index (χ3v) is 8.93. The van der Waals surface area contributed by atoms with E-state index in [1.165, 1.54) is 28.4 Å². The predicted octanol–water partition coefficient (Wildman–Crippen LogP) is 3.56. The minimum atomic E-state index is -1.23. The van der Waals surface area contributed by atoms with Crippen molar-refractivity contribution in [2.45, 2.75) is 9.01 Å². The van der Waals surface area contributed by atoms with Crippen LogP contribution in [-0.2, 0) is 23.9 Å². The summed E-state index contributed by atoms with van der Waals surface area (Å²) in [5, 5.41) is 0. The Bertz CT molecular complexity index is 1030. The molecule has 4 atom stereocenters. The maximum absolute atomic E-state index is 13.6. The van der Waals surface area contributed by atoms with Gasteiger partial charge in [-0.25, -0.2) is 4.90 Å². The van der Waals surface area contributed by atoms with Gasteiger partial charge in [0.25, 0.3) is 0 Å². The highest BCUT2D eigenvalue weighted by atomic mass is 32.2. The van der Waals surface area contributed by atoms with Crippen LogP contribution >= 0.6 is 23.5 Å². The number of amides is 2. The average Bonchev–Trinajstić information content (AvgIpc) is 3.32. The molecule has 3 aliphatic heterocycles. The van der Waals surface area contributed by atoms with Crippen molar-refractivity contribution in [1.29, 1.82) is 0 Å². The number of esters is 1. The summed E-state index contributed by atoms with van der Waals surface area (Å²) < 4.78 is 3.50. The van der Waals surface area contributed by atoms with Gasteiger partial charge < -0.3 is 4.74 Å². The first-order chi connectivity index (χ1) is 14.0. The largest absolute Gasteiger partial charge is 0.436 e. The molecular weight excluding hydrogens is 406 g/mol. The number of benzene rings is 2. The van der Waals surface area contributed by atoms with Crippen LogP contribution in [0.25, 0.3) is 0 Å². The zero-order chi connectivity index (χ0) is 20.2. The molecule has 2 aromatic rings. The van der Waals surface area contributed by atoms with Crippen LogP contribution in [0.1, 0.15) is 5.56 Å². The van der Waals surface area contributed by atoms with Crippen molar-refractivity contribution in [3.8, 4) is 0 Å². The second kappa shape index (κ2) is 6.50. The van der Waals surface area contributed by atoms with Gasteiger partial charge in [-0.15, -0.1) is 6.58 Å². The SMILES string of the molecule is C=CCS[C@]12OC(=O)[C@](c3ccccc3)(S1)[C@H]1C(=O)N(c3ccccc3)C(=O)[C@H]12. The molecule has 3 saturated heterocycles. The molecule has 146 valence electrons. The molecule has 0 N–H and O–H groups in total. The minimum Gasteiger partial charge on any atom is -0.436 e. The first kappa shape index (κ1) is 18.5. The van der Waals surface area contributed by atoms with Gasteiger partial charge in [0.15, 0.2) is 4.75 Å². The van der Waals surface area contributed by atoms with Crippen LogP contribution in [-0.4, -0.2) is 27.8 Å². The van der Waals surface area contributed by atoms with E-state index in [2.05, 4.69) is 6.58 Å². The van der Waals surface area contributed by atoms with Gasteiger partial charge in [-0.1, -0.05) is 78.1 Å². The Morgan fingerprint density at radius 3 is 2.28 bits per heavy atom. The number of hydrogen-bond acceptors (Lipinski definition) is 6. The number of nitrogens with zero attached hydrogens (tertiary/aromatic N) is 1. The molecule has 0 saturated carbocycles. The molecule has 3 fully saturated rings. The van der Waals surface area contributed by atoms with E-state index >= 15 is 0 Å². The highest BCUT2D eigenvalue weighted by Crippen LogP contribution is 2.74. The van der Waals surface area contributed by atoms with Gasteiger partial charge in [0.05, 0.1) is 11.6 Å². The molecule has 7 heteroatoms. The lowest BCUT2D eigenvalue weighted by Crippen LogP contribution is -2.47. The van der Waals surface area contributed by atoms with Gasteiger partial charge in [0.2, 0.25) is 16.1 Å². The van der Waals surface area contributed by atoms with Crippen LogP contribution in [0.3, 0.4) is 0 Å². The van der Waals surface area contributed by atoms with E-state index in [-0.39, 0.29) is 11.8 Å². The Balaban J connectivity index is 1.69. The van der Waals surface area contributed by atoms with Gasteiger partial charge >= 0.3 is 5.97 Å². The maximum atomic E-state index is 13.6. The Morgan fingerprint density at radius 2 is 1.62 bits per heavy atom. The van der Waals surface area contributed by atoms with Crippen molar-refractivity contribution in [2.75, 3.05) is 10.7 Å². The Labute approximate surface area is 176 Å². The summed E-state index contributed by atoms with van der Waals surface area (Å²) in [7, 11) is 0. The third kappa shape index (κ3) is 2.34. The monoisotopic (exact) mass is 423 g/mol. The number of thioether (sulfide) groups is 2. The van der Waals surface area contributed by atoms with Crippen molar-refractivity contribution in [2.24, 2.45) is 11.8 Å². The molecule has 0 radical (unpaired) electrons. The molecule has 3 heterocycles. The zero-order valence-electron chi connectivity index (χ0n) is 15.3. The number of ether oxygens (including phenoxy) is 1. The zero-order valence-corrected chi connectivity index (χ0v) is 16.9. The predicted molar refractivity (Wildman–Crippen MR) is 113 cm³/mol. The summed E-state index contributed by atoms with van der Waals surface area (Å²) in [6.45, 7) is 3.74. The quantitative estimate of drug-likeness (QED) is 0.416. The van der Waals surface area contributed by atoms with Gasteiger partial charge in [0, 0.05) is 5.75 Å². The normalized spacial score (nSPS) is 32.4. The first-order valence-corrected chi connectivity index (χ1v) is 11.0. The smallest absolute Gasteiger partial charge is 0.329 e. The number of para-hydroxylation sites is 1. The third-order valence-electron chi connectivity index (χ3n) is 5.59. The maximum Gasteiger partial charge on any atom is 0.329 e. The highest BCUT2D eigenvalue weighted by Gasteiger charge is 2.81. The van der Waals surface area contributed by atoms with Crippen LogP contribution in [0.5, 0.6) is 0 Å². The summed E-state index contributed by atoms with van der Waals surface area (Å²) in [6.07, 6.45) is 1.71. The number of hydrogen-bond donors (Lipinski definition) is 0. The lowest BCUT2D eigenvalue weighted by atomic mass is 9.77. The van der Waals surface area contributed by atoms with E-state index in [0.717, 1.165) is 0 Å². The summed E-state index contributed by atoms with van der Waals surface area (Å²) in [5.74, 6) is -2.17. The van der Waals surface area contributed by atoms with E-state index in [0.29, 0.717) is 17.0 Å². The summed E-state index contributed by atoms with van der Waals surface area (Å²) in [5.41, 5.74) is 1.21. The van der Waals surface area contributed by atoms with E-state index in [1.54, 1.807) is 30.3 Å². The fourth-order valence-corrected chi connectivity index (χ4v) is 7.85. The van der Waals surface area contributed by atoms with Gasteiger partial charge in [-0.2, -0.15) is 0 Å². The van der Waals surface area contributed by atoms with Crippen LogP contribution in [0.2, 0.25) is 0 Å². The van der Waals surface area contributed by atoms with Crippen molar-refractivity contribution in [3.05, 3.63) is 78.9 Å². The number of rotatable bonds is 5. The second-order valence-electron chi connectivity index (χ2n) is 7.10.